The third-order valence-corrected chi connectivity index (χ3v) is 3.95. The van der Waals surface area contributed by atoms with E-state index in [0.29, 0.717) is 0 Å². The van der Waals surface area contributed by atoms with E-state index in [4.69, 9.17) is 0 Å². The summed E-state index contributed by atoms with van der Waals surface area (Å²) in [7, 11) is 0. The molecule has 5 heteroatoms. The zero-order valence-corrected chi connectivity index (χ0v) is 13.5. The van der Waals surface area contributed by atoms with Gasteiger partial charge in [-0.15, -0.1) is 0 Å². The number of rotatable bonds is 5. The highest BCUT2D eigenvalue weighted by atomic mass is 79.9. The van der Waals surface area contributed by atoms with Crippen LogP contribution in [0.25, 0.3) is 0 Å². The summed E-state index contributed by atoms with van der Waals surface area (Å²) in [5.74, 6) is 0. The van der Waals surface area contributed by atoms with Crippen molar-refractivity contribution >= 4 is 21.6 Å². The lowest BCUT2D eigenvalue weighted by atomic mass is 10.0. The second-order valence-corrected chi connectivity index (χ2v) is 5.93. The molecule has 0 heterocycles. The summed E-state index contributed by atoms with van der Waals surface area (Å²) in [6.45, 7) is 4.15. The van der Waals surface area contributed by atoms with E-state index in [0.717, 1.165) is 10.0 Å². The fourth-order valence-electron chi connectivity index (χ4n) is 2.23. The lowest BCUT2D eigenvalue weighted by Gasteiger charge is -2.21. The predicted octanol–water partition coefficient (Wildman–Crippen LogP) is 4.77. The number of benzene rings is 2. The Morgan fingerprint density at radius 1 is 1.05 bits per heavy atom. The third kappa shape index (κ3) is 4.12. The van der Waals surface area contributed by atoms with E-state index in [2.05, 4.69) is 47.2 Å². The molecule has 0 aliphatic rings. The maximum atomic E-state index is 10.7. The van der Waals surface area contributed by atoms with E-state index in [-0.39, 0.29) is 22.7 Å². The Hall–Kier alpha value is -1.72. The average molecular weight is 349 g/mol. The normalized spacial score (nSPS) is 13.7. The van der Waals surface area contributed by atoms with Crippen molar-refractivity contribution in [1.29, 1.82) is 0 Å². The van der Waals surface area contributed by atoms with Gasteiger partial charge >= 0.3 is 0 Å². The van der Waals surface area contributed by atoms with Gasteiger partial charge in [-0.1, -0.05) is 40.2 Å². The van der Waals surface area contributed by atoms with Crippen molar-refractivity contribution in [3.8, 4) is 0 Å². The van der Waals surface area contributed by atoms with Crippen LogP contribution in [0.1, 0.15) is 37.1 Å². The van der Waals surface area contributed by atoms with Crippen LogP contribution >= 0.6 is 15.9 Å². The molecule has 0 aliphatic carbocycles. The molecule has 0 bridgehead atoms. The van der Waals surface area contributed by atoms with Gasteiger partial charge in [0.25, 0.3) is 5.69 Å². The van der Waals surface area contributed by atoms with Crippen LogP contribution in [0.2, 0.25) is 0 Å². The van der Waals surface area contributed by atoms with Crippen molar-refractivity contribution in [3.63, 3.8) is 0 Å². The van der Waals surface area contributed by atoms with Gasteiger partial charge in [0.15, 0.2) is 0 Å². The van der Waals surface area contributed by atoms with Crippen LogP contribution < -0.4 is 5.32 Å². The van der Waals surface area contributed by atoms with Gasteiger partial charge < -0.3 is 5.32 Å². The van der Waals surface area contributed by atoms with Crippen molar-refractivity contribution in [1.82, 2.24) is 5.32 Å². The summed E-state index contributed by atoms with van der Waals surface area (Å²) >= 11 is 3.47. The van der Waals surface area contributed by atoms with Gasteiger partial charge in [-0.3, -0.25) is 10.1 Å². The summed E-state index contributed by atoms with van der Waals surface area (Å²) in [4.78, 5) is 10.3. The average Bonchev–Trinajstić information content (AvgIpc) is 2.47. The minimum atomic E-state index is -0.383. The molecule has 0 saturated carbocycles. The molecular formula is C16H17BrN2O2. The molecule has 0 aliphatic heterocycles. The standard InChI is InChI=1S/C16H17BrN2O2/c1-11(13-6-8-16(9-7-13)19(20)21)18-12(2)14-4-3-5-15(17)10-14/h3-12,18H,1-2H3/t11?,12-/m0/s1. The molecular weight excluding hydrogens is 332 g/mol. The van der Waals surface area contributed by atoms with Gasteiger partial charge in [-0.25, -0.2) is 0 Å². The number of halogens is 1. The van der Waals surface area contributed by atoms with Crippen LogP contribution in [0, 0.1) is 10.1 Å². The van der Waals surface area contributed by atoms with Crippen LogP contribution in [0.3, 0.4) is 0 Å². The predicted molar refractivity (Wildman–Crippen MR) is 87.2 cm³/mol. The van der Waals surface area contributed by atoms with Gasteiger partial charge in [-0.05, 0) is 37.1 Å². The Morgan fingerprint density at radius 3 is 2.24 bits per heavy atom. The smallest absolute Gasteiger partial charge is 0.269 e. The van der Waals surface area contributed by atoms with E-state index in [9.17, 15) is 10.1 Å². The molecule has 0 spiro atoms. The highest BCUT2D eigenvalue weighted by Crippen LogP contribution is 2.23. The summed E-state index contributed by atoms with van der Waals surface area (Å²) in [6.07, 6.45) is 0. The van der Waals surface area contributed by atoms with Crippen molar-refractivity contribution in [2.45, 2.75) is 25.9 Å². The molecule has 1 N–H and O–H groups in total. The number of nitrogens with one attached hydrogen (secondary N) is 1. The largest absolute Gasteiger partial charge is 0.304 e. The van der Waals surface area contributed by atoms with Crippen molar-refractivity contribution in [2.75, 3.05) is 0 Å². The maximum absolute atomic E-state index is 10.7. The van der Waals surface area contributed by atoms with Crippen LogP contribution in [0.15, 0.2) is 53.0 Å². The first-order valence-corrected chi connectivity index (χ1v) is 7.52. The van der Waals surface area contributed by atoms with Gasteiger partial charge in [0.1, 0.15) is 0 Å². The molecule has 110 valence electrons. The van der Waals surface area contributed by atoms with Gasteiger partial charge in [0.05, 0.1) is 4.92 Å². The Balaban J connectivity index is 2.06. The molecule has 2 rings (SSSR count). The lowest BCUT2D eigenvalue weighted by molar-refractivity contribution is -0.384. The Bertz CT molecular complexity index is 628. The Kier molecular flexibility index (Phi) is 5.09. The minimum absolute atomic E-state index is 0.111. The SMILES string of the molecule is CC(N[C@@H](C)c1cccc(Br)c1)c1ccc([N+](=O)[O-])cc1. The van der Waals surface area contributed by atoms with E-state index in [1.807, 2.05) is 12.1 Å². The van der Waals surface area contributed by atoms with Crippen molar-refractivity contribution in [3.05, 3.63) is 74.2 Å². The van der Waals surface area contributed by atoms with Crippen LogP contribution in [-0.4, -0.2) is 4.92 Å². The molecule has 4 nitrogen and oxygen atoms in total. The molecule has 2 atom stereocenters. The van der Waals surface area contributed by atoms with E-state index in [1.54, 1.807) is 12.1 Å². The molecule has 0 saturated heterocycles. The first-order chi connectivity index (χ1) is 9.97. The maximum Gasteiger partial charge on any atom is 0.269 e. The highest BCUT2D eigenvalue weighted by molar-refractivity contribution is 9.10. The first kappa shape index (κ1) is 15.7. The van der Waals surface area contributed by atoms with E-state index in [1.165, 1.54) is 17.7 Å². The third-order valence-electron chi connectivity index (χ3n) is 3.45. The summed E-state index contributed by atoms with van der Waals surface area (Å²) in [5.41, 5.74) is 2.34. The topological polar surface area (TPSA) is 55.2 Å². The number of hydrogen-bond acceptors (Lipinski definition) is 3. The summed E-state index contributed by atoms with van der Waals surface area (Å²) in [5, 5.41) is 14.2. The lowest BCUT2D eigenvalue weighted by Crippen LogP contribution is -2.22. The second kappa shape index (κ2) is 6.83. The summed E-state index contributed by atoms with van der Waals surface area (Å²) in [6, 6.07) is 15.1. The molecule has 0 fully saturated rings. The van der Waals surface area contributed by atoms with Crippen LogP contribution in [0.5, 0.6) is 0 Å². The number of nitrogens with zero attached hydrogens (tertiary/aromatic N) is 1. The Labute approximate surface area is 132 Å². The monoisotopic (exact) mass is 348 g/mol. The van der Waals surface area contributed by atoms with Crippen LogP contribution in [-0.2, 0) is 0 Å². The fraction of sp³-hybridized carbons (Fsp3) is 0.250. The molecule has 2 aromatic rings. The molecule has 21 heavy (non-hydrogen) atoms. The molecule has 2 aromatic carbocycles. The number of hydrogen-bond donors (Lipinski definition) is 1. The first-order valence-electron chi connectivity index (χ1n) is 6.73. The molecule has 1 unspecified atom stereocenters. The van der Waals surface area contributed by atoms with Gasteiger partial charge in [0.2, 0.25) is 0 Å². The number of non-ortho nitro benzene ring substituents is 1. The molecule has 0 amide bonds. The fourth-order valence-corrected chi connectivity index (χ4v) is 2.65. The molecule has 0 radical (unpaired) electrons. The van der Waals surface area contributed by atoms with Crippen LogP contribution in [0.4, 0.5) is 5.69 Å². The zero-order chi connectivity index (χ0) is 15.4. The van der Waals surface area contributed by atoms with Gasteiger partial charge in [-0.2, -0.15) is 0 Å². The van der Waals surface area contributed by atoms with Gasteiger partial charge in [0, 0.05) is 28.7 Å². The Morgan fingerprint density at radius 2 is 1.67 bits per heavy atom. The highest BCUT2D eigenvalue weighted by Gasteiger charge is 2.12. The second-order valence-electron chi connectivity index (χ2n) is 5.01. The van der Waals surface area contributed by atoms with Crippen molar-refractivity contribution in [2.24, 2.45) is 0 Å². The number of nitro benzene ring substituents is 1. The number of nitro groups is 1. The van der Waals surface area contributed by atoms with E-state index >= 15 is 0 Å². The van der Waals surface area contributed by atoms with E-state index < -0.39 is 0 Å². The molecule has 0 aromatic heterocycles. The quantitative estimate of drug-likeness (QED) is 0.625. The zero-order valence-electron chi connectivity index (χ0n) is 11.9. The van der Waals surface area contributed by atoms with Crippen molar-refractivity contribution < 1.29 is 4.92 Å². The summed E-state index contributed by atoms with van der Waals surface area (Å²) < 4.78 is 1.05. The minimum Gasteiger partial charge on any atom is -0.304 e.